The van der Waals surface area contributed by atoms with Crippen molar-refractivity contribution >= 4 is 21.7 Å². The molecular formula is C20H21NO7S. The van der Waals surface area contributed by atoms with Gasteiger partial charge in [-0.15, -0.1) is 0 Å². The molecule has 0 spiro atoms. The van der Waals surface area contributed by atoms with Crippen molar-refractivity contribution in [3.8, 4) is 11.5 Å². The van der Waals surface area contributed by atoms with E-state index in [2.05, 4.69) is 5.32 Å². The molecule has 0 radical (unpaired) electrons. The lowest BCUT2D eigenvalue weighted by Gasteiger charge is -2.15. The number of ether oxygens (including phenoxy) is 3. The first-order chi connectivity index (χ1) is 13.8. The van der Waals surface area contributed by atoms with Crippen LogP contribution in [0.3, 0.4) is 0 Å². The standard InChI is InChI=1S/C20H21NO7S/c1-3-29(24,25)18-7-5-4-6-15(18)20(23)28-13(2)19(22)21-11-14-8-9-16-17(10-14)27-12-26-16/h4-10,13H,3,11-12H2,1-2H3,(H,21,22)/t13-/m0/s1. The number of rotatable bonds is 7. The van der Waals surface area contributed by atoms with E-state index in [0.717, 1.165) is 5.56 Å². The summed E-state index contributed by atoms with van der Waals surface area (Å²) >= 11 is 0. The molecule has 9 heteroatoms. The van der Waals surface area contributed by atoms with Gasteiger partial charge in [0, 0.05) is 6.54 Å². The second-order valence-corrected chi connectivity index (χ2v) is 8.60. The first-order valence-electron chi connectivity index (χ1n) is 9.01. The summed E-state index contributed by atoms with van der Waals surface area (Å²) in [6, 6.07) is 11.1. The van der Waals surface area contributed by atoms with Crippen molar-refractivity contribution in [2.75, 3.05) is 12.5 Å². The van der Waals surface area contributed by atoms with Crippen LogP contribution in [-0.2, 0) is 25.9 Å². The molecule has 1 N–H and O–H groups in total. The van der Waals surface area contributed by atoms with E-state index in [1.807, 2.05) is 0 Å². The highest BCUT2D eigenvalue weighted by Crippen LogP contribution is 2.32. The fourth-order valence-electron chi connectivity index (χ4n) is 2.72. The molecule has 0 saturated heterocycles. The summed E-state index contributed by atoms with van der Waals surface area (Å²) < 4.78 is 40.1. The van der Waals surface area contributed by atoms with Gasteiger partial charge in [0.15, 0.2) is 27.4 Å². The van der Waals surface area contributed by atoms with Crippen molar-refractivity contribution in [1.82, 2.24) is 5.32 Å². The maximum absolute atomic E-state index is 12.4. The third-order valence-corrected chi connectivity index (χ3v) is 6.17. The lowest BCUT2D eigenvalue weighted by molar-refractivity contribution is -0.129. The maximum atomic E-state index is 12.4. The molecule has 1 aliphatic rings. The van der Waals surface area contributed by atoms with E-state index in [1.165, 1.54) is 38.1 Å². The monoisotopic (exact) mass is 419 g/mol. The largest absolute Gasteiger partial charge is 0.454 e. The molecule has 1 amide bonds. The van der Waals surface area contributed by atoms with Crippen LogP contribution >= 0.6 is 0 Å². The molecular weight excluding hydrogens is 398 g/mol. The number of benzene rings is 2. The predicted molar refractivity (Wildman–Crippen MR) is 103 cm³/mol. The van der Waals surface area contributed by atoms with Crippen LogP contribution in [0.25, 0.3) is 0 Å². The number of carbonyl (C=O) groups excluding carboxylic acids is 2. The van der Waals surface area contributed by atoms with Gasteiger partial charge in [0.25, 0.3) is 5.91 Å². The van der Waals surface area contributed by atoms with Crippen molar-refractivity contribution in [1.29, 1.82) is 0 Å². The third kappa shape index (κ3) is 4.68. The van der Waals surface area contributed by atoms with Crippen LogP contribution in [0.2, 0.25) is 0 Å². The van der Waals surface area contributed by atoms with E-state index in [0.29, 0.717) is 11.5 Å². The van der Waals surface area contributed by atoms with E-state index >= 15 is 0 Å². The maximum Gasteiger partial charge on any atom is 0.340 e. The summed E-state index contributed by atoms with van der Waals surface area (Å²) in [5, 5.41) is 2.67. The van der Waals surface area contributed by atoms with E-state index in [9.17, 15) is 18.0 Å². The molecule has 0 aromatic heterocycles. The van der Waals surface area contributed by atoms with E-state index < -0.39 is 27.8 Å². The summed E-state index contributed by atoms with van der Waals surface area (Å²) in [6.45, 7) is 3.28. The van der Waals surface area contributed by atoms with Gasteiger partial charge >= 0.3 is 5.97 Å². The Balaban J connectivity index is 1.62. The fourth-order valence-corrected chi connectivity index (χ4v) is 3.81. The Hall–Kier alpha value is -3.07. The molecule has 0 fully saturated rings. The molecule has 2 aromatic carbocycles. The van der Waals surface area contributed by atoms with Gasteiger partial charge in [0.2, 0.25) is 6.79 Å². The Kier molecular flexibility index (Phi) is 6.07. The Morgan fingerprint density at radius 3 is 2.62 bits per heavy atom. The molecule has 1 heterocycles. The molecule has 0 saturated carbocycles. The number of hydrogen-bond acceptors (Lipinski definition) is 7. The highest BCUT2D eigenvalue weighted by atomic mass is 32.2. The van der Waals surface area contributed by atoms with Gasteiger partial charge in [0.1, 0.15) is 0 Å². The van der Waals surface area contributed by atoms with Crippen molar-refractivity contribution in [3.63, 3.8) is 0 Å². The quantitative estimate of drug-likeness (QED) is 0.685. The number of carbonyl (C=O) groups is 2. The van der Waals surface area contributed by atoms with Crippen LogP contribution in [0, 0.1) is 0 Å². The zero-order chi connectivity index (χ0) is 21.0. The number of amides is 1. The first kappa shape index (κ1) is 20.7. The van der Waals surface area contributed by atoms with Crippen LogP contribution in [0.15, 0.2) is 47.4 Å². The van der Waals surface area contributed by atoms with E-state index in [1.54, 1.807) is 18.2 Å². The number of nitrogens with one attached hydrogen (secondary N) is 1. The fraction of sp³-hybridized carbons (Fsp3) is 0.300. The van der Waals surface area contributed by atoms with Gasteiger partial charge in [-0.1, -0.05) is 25.1 Å². The number of sulfone groups is 1. The van der Waals surface area contributed by atoms with Crippen molar-refractivity contribution < 1.29 is 32.2 Å². The Labute approximate surface area is 168 Å². The molecule has 2 aromatic rings. The van der Waals surface area contributed by atoms with E-state index in [-0.39, 0.29) is 29.5 Å². The molecule has 0 bridgehead atoms. The molecule has 0 aliphatic carbocycles. The number of fused-ring (bicyclic) bond motifs is 1. The average molecular weight is 419 g/mol. The normalized spacial score (nSPS) is 13.6. The lowest BCUT2D eigenvalue weighted by atomic mass is 10.2. The molecule has 154 valence electrons. The van der Waals surface area contributed by atoms with Gasteiger partial charge in [-0.05, 0) is 36.8 Å². The topological polar surface area (TPSA) is 108 Å². The summed E-state index contributed by atoms with van der Waals surface area (Å²) in [7, 11) is -3.60. The summed E-state index contributed by atoms with van der Waals surface area (Å²) in [5.74, 6) is -0.286. The van der Waals surface area contributed by atoms with Gasteiger partial charge in [-0.25, -0.2) is 13.2 Å². The van der Waals surface area contributed by atoms with Gasteiger partial charge in [0.05, 0.1) is 16.2 Å². The second kappa shape index (κ2) is 8.52. The molecule has 0 unspecified atom stereocenters. The van der Waals surface area contributed by atoms with E-state index in [4.69, 9.17) is 14.2 Å². The minimum atomic E-state index is -3.60. The molecule has 3 rings (SSSR count). The first-order valence-corrected chi connectivity index (χ1v) is 10.7. The lowest BCUT2D eigenvalue weighted by Crippen LogP contribution is -2.35. The van der Waals surface area contributed by atoms with Gasteiger partial charge in [-0.2, -0.15) is 0 Å². The highest BCUT2D eigenvalue weighted by Gasteiger charge is 2.25. The molecule has 29 heavy (non-hydrogen) atoms. The minimum Gasteiger partial charge on any atom is -0.454 e. The number of esters is 1. The molecule has 1 atom stereocenters. The Morgan fingerprint density at radius 1 is 1.14 bits per heavy atom. The number of hydrogen-bond donors (Lipinski definition) is 1. The summed E-state index contributed by atoms with van der Waals surface area (Å²) in [5.41, 5.74) is 0.699. The Bertz CT molecular complexity index is 1030. The summed E-state index contributed by atoms with van der Waals surface area (Å²) in [4.78, 5) is 24.6. The van der Waals surface area contributed by atoms with Crippen LogP contribution in [0.4, 0.5) is 0 Å². The van der Waals surface area contributed by atoms with Gasteiger partial charge < -0.3 is 19.5 Å². The van der Waals surface area contributed by atoms with Crippen LogP contribution in [0.1, 0.15) is 29.8 Å². The average Bonchev–Trinajstić information content (AvgIpc) is 3.19. The highest BCUT2D eigenvalue weighted by molar-refractivity contribution is 7.91. The van der Waals surface area contributed by atoms with Crippen molar-refractivity contribution in [2.24, 2.45) is 0 Å². The second-order valence-electron chi connectivity index (χ2n) is 6.35. The Morgan fingerprint density at radius 2 is 1.86 bits per heavy atom. The zero-order valence-electron chi connectivity index (χ0n) is 16.0. The van der Waals surface area contributed by atoms with Gasteiger partial charge in [-0.3, -0.25) is 4.79 Å². The third-order valence-electron chi connectivity index (χ3n) is 4.38. The summed E-state index contributed by atoms with van der Waals surface area (Å²) in [6.07, 6.45) is -1.10. The SMILES string of the molecule is CCS(=O)(=O)c1ccccc1C(=O)O[C@@H](C)C(=O)NCc1ccc2c(c1)OCO2. The minimum absolute atomic E-state index is 0.0928. The predicted octanol–water partition coefficient (Wildman–Crippen LogP) is 2.07. The van der Waals surface area contributed by atoms with Crippen LogP contribution in [-0.4, -0.2) is 38.9 Å². The zero-order valence-corrected chi connectivity index (χ0v) is 16.8. The van der Waals surface area contributed by atoms with Crippen LogP contribution < -0.4 is 14.8 Å². The smallest absolute Gasteiger partial charge is 0.340 e. The van der Waals surface area contributed by atoms with Crippen LogP contribution in [0.5, 0.6) is 11.5 Å². The van der Waals surface area contributed by atoms with Crippen molar-refractivity contribution in [2.45, 2.75) is 31.4 Å². The molecule has 8 nitrogen and oxygen atoms in total. The van der Waals surface area contributed by atoms with Crippen molar-refractivity contribution in [3.05, 3.63) is 53.6 Å². The molecule has 1 aliphatic heterocycles.